The molecule has 0 aliphatic heterocycles. The van der Waals surface area contributed by atoms with Crippen LogP contribution in [0.5, 0.6) is 0 Å². The number of thiophene rings is 1. The van der Waals surface area contributed by atoms with Gasteiger partial charge in [-0.25, -0.2) is 4.99 Å². The van der Waals surface area contributed by atoms with E-state index in [9.17, 15) is 0 Å². The molecule has 0 amide bonds. The first-order valence-electron chi connectivity index (χ1n) is 7.09. The number of hydrogen-bond acceptors (Lipinski definition) is 4. The van der Waals surface area contributed by atoms with E-state index in [0.29, 0.717) is 19.8 Å². The average Bonchev–Trinajstić information content (AvgIpc) is 2.89. The van der Waals surface area contributed by atoms with E-state index in [0.717, 1.165) is 35.9 Å². The van der Waals surface area contributed by atoms with Gasteiger partial charge >= 0.3 is 0 Å². The Kier molecular flexibility index (Phi) is 10.5. The van der Waals surface area contributed by atoms with Crippen LogP contribution in [0.15, 0.2) is 20.9 Å². The predicted octanol–water partition coefficient (Wildman–Crippen LogP) is 2.62. The topological polar surface area (TPSA) is 54.9 Å². The number of aliphatic imine (C=N–C) groups is 1. The van der Waals surface area contributed by atoms with Crippen LogP contribution >= 0.6 is 27.3 Å². The molecule has 0 saturated carbocycles. The molecule has 0 aromatic carbocycles. The molecular weight excluding hydrogens is 354 g/mol. The van der Waals surface area contributed by atoms with Gasteiger partial charge in [-0.15, -0.1) is 11.3 Å². The lowest BCUT2D eigenvalue weighted by Gasteiger charge is -2.11. The zero-order valence-corrected chi connectivity index (χ0v) is 15.1. The maximum Gasteiger partial charge on any atom is 0.191 e. The highest BCUT2D eigenvalue weighted by atomic mass is 79.9. The quantitative estimate of drug-likeness (QED) is 0.373. The molecule has 1 rings (SSSR count). The van der Waals surface area contributed by atoms with Gasteiger partial charge in [-0.05, 0) is 41.4 Å². The zero-order chi connectivity index (χ0) is 15.3. The number of guanidine groups is 1. The van der Waals surface area contributed by atoms with Gasteiger partial charge in [0, 0.05) is 31.7 Å². The van der Waals surface area contributed by atoms with E-state index in [1.54, 1.807) is 18.4 Å². The first kappa shape index (κ1) is 18.4. The minimum atomic E-state index is 0.647. The van der Waals surface area contributed by atoms with Gasteiger partial charge in [-0.1, -0.05) is 0 Å². The van der Waals surface area contributed by atoms with Gasteiger partial charge in [-0.2, -0.15) is 0 Å². The van der Waals surface area contributed by atoms with Crippen LogP contribution in [-0.4, -0.2) is 46.0 Å². The van der Waals surface area contributed by atoms with Crippen LogP contribution in [0.2, 0.25) is 0 Å². The van der Waals surface area contributed by atoms with Crippen molar-refractivity contribution in [3.63, 3.8) is 0 Å². The molecule has 1 heterocycles. The normalized spacial score (nSPS) is 11.7. The molecule has 1 aromatic rings. The minimum absolute atomic E-state index is 0.647. The van der Waals surface area contributed by atoms with Crippen molar-refractivity contribution in [2.24, 2.45) is 4.99 Å². The van der Waals surface area contributed by atoms with E-state index in [1.165, 1.54) is 4.88 Å². The van der Waals surface area contributed by atoms with Crippen LogP contribution in [0, 0.1) is 0 Å². The van der Waals surface area contributed by atoms with E-state index in [-0.39, 0.29) is 0 Å². The Morgan fingerprint density at radius 3 is 2.81 bits per heavy atom. The number of methoxy groups -OCH3 is 1. The first-order valence-corrected chi connectivity index (χ1v) is 8.70. The van der Waals surface area contributed by atoms with Gasteiger partial charge in [0.15, 0.2) is 5.96 Å². The Morgan fingerprint density at radius 2 is 2.14 bits per heavy atom. The molecule has 0 aliphatic carbocycles. The van der Waals surface area contributed by atoms with Gasteiger partial charge in [-0.3, -0.25) is 0 Å². The molecule has 120 valence electrons. The maximum atomic E-state index is 5.42. The predicted molar refractivity (Wildman–Crippen MR) is 92.1 cm³/mol. The Balaban J connectivity index is 2.22. The van der Waals surface area contributed by atoms with Crippen molar-refractivity contribution in [2.75, 3.05) is 40.0 Å². The fraction of sp³-hybridized carbons (Fsp3) is 0.643. The van der Waals surface area contributed by atoms with Crippen molar-refractivity contribution in [1.82, 2.24) is 10.6 Å². The summed E-state index contributed by atoms with van der Waals surface area (Å²) >= 11 is 5.17. The van der Waals surface area contributed by atoms with Gasteiger partial charge in [0.1, 0.15) is 0 Å². The van der Waals surface area contributed by atoms with E-state index in [4.69, 9.17) is 9.47 Å². The van der Waals surface area contributed by atoms with Crippen LogP contribution in [0.1, 0.15) is 18.2 Å². The molecule has 0 unspecified atom stereocenters. The van der Waals surface area contributed by atoms with Crippen molar-refractivity contribution in [1.29, 1.82) is 0 Å². The summed E-state index contributed by atoms with van der Waals surface area (Å²) < 4.78 is 11.5. The molecule has 0 spiro atoms. The minimum Gasteiger partial charge on any atom is -0.382 e. The third-order valence-electron chi connectivity index (χ3n) is 2.56. The molecule has 0 atom stereocenters. The smallest absolute Gasteiger partial charge is 0.191 e. The summed E-state index contributed by atoms with van der Waals surface area (Å²) in [4.78, 5) is 5.81. The highest BCUT2D eigenvalue weighted by Gasteiger charge is 1.99. The number of nitrogens with zero attached hydrogens (tertiary/aromatic N) is 1. The summed E-state index contributed by atoms with van der Waals surface area (Å²) in [6.45, 7) is 6.47. The standard InChI is InChI=1S/C14H24BrN3O2S/c1-3-16-14(17-7-4-8-20-10-9-19-2)18-11-12-5-6-13(15)21-12/h5-6H,3-4,7-11H2,1-2H3,(H2,16,17,18). The molecule has 0 bridgehead atoms. The molecule has 2 N–H and O–H groups in total. The van der Waals surface area contributed by atoms with E-state index in [1.807, 2.05) is 6.07 Å². The third-order valence-corrected chi connectivity index (χ3v) is 4.16. The van der Waals surface area contributed by atoms with Crippen molar-refractivity contribution >= 4 is 33.2 Å². The lowest BCUT2D eigenvalue weighted by molar-refractivity contribution is 0.0698. The number of nitrogens with one attached hydrogen (secondary N) is 2. The van der Waals surface area contributed by atoms with Crippen LogP contribution in [0.25, 0.3) is 0 Å². The SMILES string of the molecule is CCNC(=NCc1ccc(Br)s1)NCCCOCCOC. The van der Waals surface area contributed by atoms with E-state index in [2.05, 4.69) is 44.5 Å². The van der Waals surface area contributed by atoms with Gasteiger partial charge in [0.25, 0.3) is 0 Å². The number of ether oxygens (including phenoxy) is 2. The number of rotatable bonds is 10. The summed E-state index contributed by atoms with van der Waals surface area (Å²) in [7, 11) is 1.68. The second-order valence-corrected chi connectivity index (χ2v) is 6.83. The summed E-state index contributed by atoms with van der Waals surface area (Å²) in [5.74, 6) is 0.846. The Bertz CT molecular complexity index is 413. The fourth-order valence-corrected chi connectivity index (χ4v) is 2.97. The lowest BCUT2D eigenvalue weighted by atomic mass is 10.4. The average molecular weight is 378 g/mol. The van der Waals surface area contributed by atoms with Crippen LogP contribution in [0.4, 0.5) is 0 Å². The molecule has 0 radical (unpaired) electrons. The highest BCUT2D eigenvalue weighted by Crippen LogP contribution is 2.22. The van der Waals surface area contributed by atoms with Crippen molar-refractivity contribution in [3.8, 4) is 0 Å². The van der Waals surface area contributed by atoms with Crippen molar-refractivity contribution in [3.05, 3.63) is 20.8 Å². The van der Waals surface area contributed by atoms with E-state index >= 15 is 0 Å². The van der Waals surface area contributed by atoms with Crippen LogP contribution < -0.4 is 10.6 Å². The van der Waals surface area contributed by atoms with Gasteiger partial charge in [0.05, 0.1) is 23.5 Å². The monoisotopic (exact) mass is 377 g/mol. The third kappa shape index (κ3) is 9.08. The summed E-state index contributed by atoms with van der Waals surface area (Å²) in [6, 6.07) is 4.14. The zero-order valence-electron chi connectivity index (χ0n) is 12.7. The second-order valence-electron chi connectivity index (χ2n) is 4.29. The highest BCUT2D eigenvalue weighted by molar-refractivity contribution is 9.11. The molecule has 0 saturated heterocycles. The number of hydrogen-bond donors (Lipinski definition) is 2. The first-order chi connectivity index (χ1) is 10.3. The van der Waals surface area contributed by atoms with Crippen LogP contribution in [0.3, 0.4) is 0 Å². The Hall–Kier alpha value is -0.630. The van der Waals surface area contributed by atoms with Crippen LogP contribution in [-0.2, 0) is 16.0 Å². The second kappa shape index (κ2) is 12.0. The summed E-state index contributed by atoms with van der Waals surface area (Å²) in [5.41, 5.74) is 0. The molecule has 1 aromatic heterocycles. The van der Waals surface area contributed by atoms with Gasteiger partial charge < -0.3 is 20.1 Å². The number of halogens is 1. The molecule has 0 aliphatic rings. The molecule has 21 heavy (non-hydrogen) atoms. The summed E-state index contributed by atoms with van der Waals surface area (Å²) in [5, 5.41) is 6.55. The van der Waals surface area contributed by atoms with E-state index < -0.39 is 0 Å². The maximum absolute atomic E-state index is 5.42. The fourth-order valence-electron chi connectivity index (χ4n) is 1.56. The molecule has 5 nitrogen and oxygen atoms in total. The molecule has 7 heteroatoms. The van der Waals surface area contributed by atoms with Crippen molar-refractivity contribution < 1.29 is 9.47 Å². The Morgan fingerprint density at radius 1 is 1.29 bits per heavy atom. The van der Waals surface area contributed by atoms with Crippen molar-refractivity contribution in [2.45, 2.75) is 19.9 Å². The summed E-state index contributed by atoms with van der Waals surface area (Å²) in [6.07, 6.45) is 0.943. The molecular formula is C14H24BrN3O2S. The van der Waals surface area contributed by atoms with Gasteiger partial charge in [0.2, 0.25) is 0 Å². The Labute approximate surface area is 139 Å². The lowest BCUT2D eigenvalue weighted by Crippen LogP contribution is -2.38. The largest absolute Gasteiger partial charge is 0.382 e. The molecule has 0 fully saturated rings.